The summed E-state index contributed by atoms with van der Waals surface area (Å²) in [7, 11) is 0. The molecule has 4 unspecified atom stereocenters. The number of nitrogens with zero attached hydrogens (tertiary/aromatic N) is 2. The number of hydrogen-bond acceptors (Lipinski definition) is 6. The highest BCUT2D eigenvalue weighted by Crippen LogP contribution is 2.30. The van der Waals surface area contributed by atoms with Crippen molar-refractivity contribution < 1.29 is 23.9 Å². The molecule has 1 aromatic heterocycles. The van der Waals surface area contributed by atoms with Gasteiger partial charge in [0.2, 0.25) is 17.7 Å². The second-order valence-electron chi connectivity index (χ2n) is 12.0. The van der Waals surface area contributed by atoms with Gasteiger partial charge in [0.15, 0.2) is 0 Å². The zero-order chi connectivity index (χ0) is 28.4. The summed E-state index contributed by atoms with van der Waals surface area (Å²) in [5.41, 5.74) is 2.87. The van der Waals surface area contributed by atoms with E-state index in [9.17, 15) is 23.9 Å². The number of alkyl halides is 1. The third-order valence-corrected chi connectivity index (χ3v) is 7.70. The number of halogens is 1. The molecule has 1 aliphatic heterocycles. The first-order chi connectivity index (χ1) is 17.6. The Labute approximate surface area is 228 Å². The maximum absolute atomic E-state index is 14.1. The molecule has 3 N–H and O–H groups in total. The van der Waals surface area contributed by atoms with E-state index in [0.717, 1.165) is 16.1 Å². The molecule has 0 aliphatic carbocycles. The molecule has 3 rings (SSSR count). The standard InChI is InChI=1S/C28H39FN4O4S/c1-16-22(38-15-30-16)18-10-8-17(9-11-18)20(13-29)31-24(35)21-12-19(34)14-33(21)25(36)23(27(2,3)4)32-26(37)28(5,6)7/h8-11,15,19-21,23,34H,12-14H2,1-7H3,(H,31,35)(H,32,37). The lowest BCUT2D eigenvalue weighted by atomic mass is 9.84. The molecule has 38 heavy (non-hydrogen) atoms. The summed E-state index contributed by atoms with van der Waals surface area (Å²) in [5, 5.41) is 15.9. The van der Waals surface area contributed by atoms with E-state index in [4.69, 9.17) is 0 Å². The van der Waals surface area contributed by atoms with Crippen molar-refractivity contribution >= 4 is 29.1 Å². The van der Waals surface area contributed by atoms with E-state index in [1.165, 1.54) is 16.2 Å². The monoisotopic (exact) mass is 546 g/mol. The number of amides is 3. The van der Waals surface area contributed by atoms with E-state index in [1.807, 2.05) is 39.8 Å². The van der Waals surface area contributed by atoms with Crippen LogP contribution in [0.4, 0.5) is 4.39 Å². The predicted molar refractivity (Wildman–Crippen MR) is 146 cm³/mol. The van der Waals surface area contributed by atoms with Crippen molar-refractivity contribution in [3.05, 3.63) is 41.0 Å². The van der Waals surface area contributed by atoms with Crippen LogP contribution < -0.4 is 10.6 Å². The van der Waals surface area contributed by atoms with Crippen molar-refractivity contribution in [2.75, 3.05) is 13.2 Å². The highest BCUT2D eigenvalue weighted by molar-refractivity contribution is 7.13. The number of aromatic nitrogens is 1. The summed E-state index contributed by atoms with van der Waals surface area (Å²) >= 11 is 1.52. The average molecular weight is 547 g/mol. The summed E-state index contributed by atoms with van der Waals surface area (Å²) in [5.74, 6) is -1.29. The van der Waals surface area contributed by atoms with Crippen LogP contribution in [-0.4, -0.2) is 64.1 Å². The molecule has 0 radical (unpaired) electrons. The van der Waals surface area contributed by atoms with Gasteiger partial charge in [-0.3, -0.25) is 14.4 Å². The number of carbonyl (C=O) groups excluding carboxylic acids is 3. The fourth-order valence-corrected chi connectivity index (χ4v) is 5.20. The first-order valence-electron chi connectivity index (χ1n) is 12.8. The van der Waals surface area contributed by atoms with E-state index >= 15 is 0 Å². The molecular formula is C28H39FN4O4S. The molecule has 3 amide bonds. The van der Waals surface area contributed by atoms with Gasteiger partial charge in [-0.15, -0.1) is 11.3 Å². The van der Waals surface area contributed by atoms with E-state index in [-0.39, 0.29) is 18.9 Å². The van der Waals surface area contributed by atoms with Crippen molar-refractivity contribution in [2.24, 2.45) is 10.8 Å². The maximum atomic E-state index is 14.1. The predicted octanol–water partition coefficient (Wildman–Crippen LogP) is 3.78. The van der Waals surface area contributed by atoms with Gasteiger partial charge < -0.3 is 20.6 Å². The molecule has 8 nitrogen and oxygen atoms in total. The number of aliphatic hydroxyl groups excluding tert-OH is 1. The number of thiazole rings is 1. The fourth-order valence-electron chi connectivity index (χ4n) is 4.39. The molecule has 1 saturated heterocycles. The second kappa shape index (κ2) is 11.5. The topological polar surface area (TPSA) is 112 Å². The van der Waals surface area contributed by atoms with Crippen LogP contribution in [0.15, 0.2) is 29.8 Å². The average Bonchev–Trinajstić information content (AvgIpc) is 3.44. The van der Waals surface area contributed by atoms with Gasteiger partial charge in [0.25, 0.3) is 0 Å². The zero-order valence-corrected chi connectivity index (χ0v) is 24.0. The van der Waals surface area contributed by atoms with Gasteiger partial charge >= 0.3 is 0 Å². The van der Waals surface area contributed by atoms with E-state index < -0.39 is 53.5 Å². The van der Waals surface area contributed by atoms with Gasteiger partial charge in [0.05, 0.1) is 28.2 Å². The highest BCUT2D eigenvalue weighted by Gasteiger charge is 2.45. The smallest absolute Gasteiger partial charge is 0.246 e. The van der Waals surface area contributed by atoms with Crippen LogP contribution in [-0.2, 0) is 14.4 Å². The molecule has 1 fully saturated rings. The Morgan fingerprint density at radius 2 is 1.76 bits per heavy atom. The van der Waals surface area contributed by atoms with Crippen molar-refractivity contribution in [3.63, 3.8) is 0 Å². The van der Waals surface area contributed by atoms with Gasteiger partial charge in [-0.05, 0) is 23.5 Å². The van der Waals surface area contributed by atoms with E-state index in [1.54, 1.807) is 38.4 Å². The van der Waals surface area contributed by atoms with Crippen LogP contribution in [0.25, 0.3) is 10.4 Å². The molecule has 1 aliphatic rings. The number of likely N-dealkylation sites (tertiary alicyclic amines) is 1. The minimum absolute atomic E-state index is 0.0320. The second-order valence-corrected chi connectivity index (χ2v) is 12.9. The maximum Gasteiger partial charge on any atom is 0.246 e. The Bertz CT molecular complexity index is 1150. The lowest BCUT2D eigenvalue weighted by Crippen LogP contribution is -2.59. The fraction of sp³-hybridized carbons (Fsp3) is 0.571. The summed E-state index contributed by atoms with van der Waals surface area (Å²) in [6, 6.07) is 4.47. The lowest BCUT2D eigenvalue weighted by molar-refractivity contribution is -0.145. The van der Waals surface area contributed by atoms with Gasteiger partial charge in [-0.2, -0.15) is 0 Å². The number of aliphatic hydroxyl groups is 1. The van der Waals surface area contributed by atoms with Crippen LogP contribution in [0, 0.1) is 17.8 Å². The minimum atomic E-state index is -0.984. The summed E-state index contributed by atoms with van der Waals surface area (Å²) in [6.07, 6.45) is -0.871. The third kappa shape index (κ3) is 6.77. The number of benzene rings is 1. The number of rotatable bonds is 7. The molecule has 2 aromatic rings. The van der Waals surface area contributed by atoms with Gasteiger partial charge in [0, 0.05) is 18.4 Å². The summed E-state index contributed by atoms with van der Waals surface area (Å²) < 4.78 is 14.1. The van der Waals surface area contributed by atoms with Crippen LogP contribution >= 0.6 is 11.3 Å². The molecule has 0 spiro atoms. The highest BCUT2D eigenvalue weighted by atomic mass is 32.1. The third-order valence-electron chi connectivity index (χ3n) is 6.73. The molecule has 0 saturated carbocycles. The molecule has 208 valence electrons. The minimum Gasteiger partial charge on any atom is -0.391 e. The van der Waals surface area contributed by atoms with Gasteiger partial charge in [0.1, 0.15) is 18.8 Å². The Morgan fingerprint density at radius 1 is 1.13 bits per heavy atom. The van der Waals surface area contributed by atoms with Crippen LogP contribution in [0.2, 0.25) is 0 Å². The molecule has 2 heterocycles. The lowest BCUT2D eigenvalue weighted by Gasteiger charge is -2.36. The SMILES string of the molecule is Cc1ncsc1-c1ccc(C(CF)NC(=O)C2CC(O)CN2C(=O)C(NC(=O)C(C)(C)C)C(C)(C)C)cc1. The van der Waals surface area contributed by atoms with Crippen LogP contribution in [0.3, 0.4) is 0 Å². The Morgan fingerprint density at radius 3 is 2.26 bits per heavy atom. The Kier molecular flexibility index (Phi) is 8.98. The van der Waals surface area contributed by atoms with Crippen molar-refractivity contribution in [2.45, 2.75) is 79.1 Å². The molecule has 10 heteroatoms. The molecule has 4 atom stereocenters. The number of hydrogen-bond donors (Lipinski definition) is 3. The number of nitrogens with one attached hydrogen (secondary N) is 2. The summed E-state index contributed by atoms with van der Waals surface area (Å²) in [4.78, 5) is 46.3. The first kappa shape index (κ1) is 29.7. The largest absolute Gasteiger partial charge is 0.391 e. The first-order valence-corrected chi connectivity index (χ1v) is 13.7. The Balaban J connectivity index is 1.78. The van der Waals surface area contributed by atoms with E-state index in [0.29, 0.717) is 5.56 Å². The van der Waals surface area contributed by atoms with Crippen molar-refractivity contribution in [1.82, 2.24) is 20.5 Å². The van der Waals surface area contributed by atoms with Crippen molar-refractivity contribution in [1.29, 1.82) is 0 Å². The molecule has 0 bridgehead atoms. The molecule has 1 aromatic carbocycles. The quantitative estimate of drug-likeness (QED) is 0.489. The van der Waals surface area contributed by atoms with Crippen LogP contribution in [0.1, 0.15) is 65.3 Å². The van der Waals surface area contributed by atoms with Crippen molar-refractivity contribution in [3.8, 4) is 10.4 Å². The normalized spacial score (nSPS) is 19.7. The number of aryl methyl sites for hydroxylation is 1. The zero-order valence-electron chi connectivity index (χ0n) is 23.2. The number of β-amino-alcohol motifs (C(OH)–C–C–N with tert-alkyl or cyclic N) is 1. The Hall–Kier alpha value is -2.85. The van der Waals surface area contributed by atoms with Gasteiger partial charge in [-0.1, -0.05) is 65.8 Å². The van der Waals surface area contributed by atoms with E-state index in [2.05, 4.69) is 15.6 Å². The van der Waals surface area contributed by atoms with Crippen LogP contribution in [0.5, 0.6) is 0 Å². The summed E-state index contributed by atoms with van der Waals surface area (Å²) in [6.45, 7) is 11.8. The van der Waals surface area contributed by atoms with Gasteiger partial charge in [-0.25, -0.2) is 9.37 Å². The number of carbonyl (C=O) groups is 3. The molecular weight excluding hydrogens is 507 g/mol.